The average molecular weight is 367 g/mol. The highest BCUT2D eigenvalue weighted by Crippen LogP contribution is 2.27. The molecule has 0 saturated carbocycles. The first-order valence-electron chi connectivity index (χ1n) is 9.59. The fourth-order valence-electron chi connectivity index (χ4n) is 4.04. The van der Waals surface area contributed by atoms with Crippen molar-refractivity contribution in [3.63, 3.8) is 0 Å². The Bertz CT molecular complexity index is 846. The van der Waals surface area contributed by atoms with Gasteiger partial charge in [-0.25, -0.2) is 4.98 Å². The molecular formula is C20H25N5O2. The SMILES string of the molecule is CNC(=O)C1CCCN1C(=O)c1nc(-c2ccccc2)n2c1CNCCC2. The predicted octanol–water partition coefficient (Wildman–Crippen LogP) is 1.39. The van der Waals surface area contributed by atoms with Gasteiger partial charge < -0.3 is 20.1 Å². The van der Waals surface area contributed by atoms with E-state index in [9.17, 15) is 9.59 Å². The van der Waals surface area contributed by atoms with Crippen molar-refractivity contribution in [2.24, 2.45) is 0 Å². The van der Waals surface area contributed by atoms with Crippen molar-refractivity contribution in [3.8, 4) is 11.4 Å². The van der Waals surface area contributed by atoms with Crippen LogP contribution in [0, 0.1) is 0 Å². The molecule has 1 unspecified atom stereocenters. The maximum atomic E-state index is 13.3. The Morgan fingerprint density at radius 3 is 2.78 bits per heavy atom. The van der Waals surface area contributed by atoms with Gasteiger partial charge in [0.15, 0.2) is 5.69 Å². The van der Waals surface area contributed by atoms with E-state index in [4.69, 9.17) is 4.98 Å². The summed E-state index contributed by atoms with van der Waals surface area (Å²) in [7, 11) is 1.61. The van der Waals surface area contributed by atoms with Gasteiger partial charge in [0.2, 0.25) is 5.91 Å². The molecule has 7 nitrogen and oxygen atoms in total. The number of nitrogens with zero attached hydrogens (tertiary/aromatic N) is 3. The molecule has 1 fully saturated rings. The Balaban J connectivity index is 1.75. The molecular weight excluding hydrogens is 342 g/mol. The highest BCUT2D eigenvalue weighted by molar-refractivity contribution is 5.98. The number of imidazole rings is 1. The van der Waals surface area contributed by atoms with Gasteiger partial charge in [0.05, 0.1) is 5.69 Å². The minimum absolute atomic E-state index is 0.104. The minimum Gasteiger partial charge on any atom is -0.357 e. The maximum Gasteiger partial charge on any atom is 0.275 e. The Morgan fingerprint density at radius 1 is 1.19 bits per heavy atom. The molecule has 1 saturated heterocycles. The van der Waals surface area contributed by atoms with Crippen LogP contribution in [-0.2, 0) is 17.9 Å². The smallest absolute Gasteiger partial charge is 0.275 e. The van der Waals surface area contributed by atoms with Crippen LogP contribution in [0.25, 0.3) is 11.4 Å². The van der Waals surface area contributed by atoms with Crippen molar-refractivity contribution >= 4 is 11.8 Å². The fourth-order valence-corrected chi connectivity index (χ4v) is 4.04. The summed E-state index contributed by atoms with van der Waals surface area (Å²) >= 11 is 0. The molecule has 0 spiro atoms. The molecule has 1 aromatic heterocycles. The third-order valence-electron chi connectivity index (χ3n) is 5.40. The molecule has 2 aliphatic heterocycles. The van der Waals surface area contributed by atoms with Crippen LogP contribution in [-0.4, -0.2) is 52.4 Å². The first kappa shape index (κ1) is 17.7. The van der Waals surface area contributed by atoms with Gasteiger partial charge in [-0.1, -0.05) is 30.3 Å². The van der Waals surface area contributed by atoms with Crippen molar-refractivity contribution in [3.05, 3.63) is 41.7 Å². The summed E-state index contributed by atoms with van der Waals surface area (Å²) < 4.78 is 2.16. The lowest BCUT2D eigenvalue weighted by atomic mass is 10.2. The number of carbonyl (C=O) groups excluding carboxylic acids is 2. The van der Waals surface area contributed by atoms with Gasteiger partial charge in [-0.3, -0.25) is 9.59 Å². The number of likely N-dealkylation sites (tertiary alicyclic amines) is 1. The summed E-state index contributed by atoms with van der Waals surface area (Å²) in [6.45, 7) is 2.94. The normalized spacial score (nSPS) is 19.4. The number of hydrogen-bond acceptors (Lipinski definition) is 4. The van der Waals surface area contributed by atoms with Crippen LogP contribution in [0.2, 0.25) is 0 Å². The summed E-state index contributed by atoms with van der Waals surface area (Å²) in [6, 6.07) is 9.57. The summed E-state index contributed by atoms with van der Waals surface area (Å²) in [5.41, 5.74) is 2.39. The second kappa shape index (κ2) is 7.52. The van der Waals surface area contributed by atoms with E-state index in [1.54, 1.807) is 11.9 Å². The highest BCUT2D eigenvalue weighted by atomic mass is 16.2. The van der Waals surface area contributed by atoms with Crippen LogP contribution < -0.4 is 10.6 Å². The molecule has 1 atom stereocenters. The zero-order valence-corrected chi connectivity index (χ0v) is 15.6. The van der Waals surface area contributed by atoms with Crippen LogP contribution in [0.5, 0.6) is 0 Å². The van der Waals surface area contributed by atoms with E-state index in [2.05, 4.69) is 15.2 Å². The Labute approximate surface area is 158 Å². The number of aromatic nitrogens is 2. The van der Waals surface area contributed by atoms with Crippen LogP contribution in [0.3, 0.4) is 0 Å². The van der Waals surface area contributed by atoms with E-state index >= 15 is 0 Å². The molecule has 27 heavy (non-hydrogen) atoms. The summed E-state index contributed by atoms with van der Waals surface area (Å²) in [4.78, 5) is 32.0. The fraction of sp³-hybridized carbons (Fsp3) is 0.450. The Hall–Kier alpha value is -2.67. The second-order valence-electron chi connectivity index (χ2n) is 7.05. The Morgan fingerprint density at radius 2 is 2.00 bits per heavy atom. The number of hydrogen-bond donors (Lipinski definition) is 2. The quantitative estimate of drug-likeness (QED) is 0.859. The average Bonchev–Trinajstić information content (AvgIpc) is 3.26. The first-order valence-corrected chi connectivity index (χ1v) is 9.59. The lowest BCUT2D eigenvalue weighted by molar-refractivity contribution is -0.124. The van der Waals surface area contributed by atoms with Crippen molar-refractivity contribution in [2.75, 3.05) is 20.1 Å². The molecule has 1 aromatic carbocycles. The molecule has 0 radical (unpaired) electrons. The molecule has 2 aliphatic rings. The maximum absolute atomic E-state index is 13.3. The zero-order valence-electron chi connectivity index (χ0n) is 15.6. The number of likely N-dealkylation sites (N-methyl/N-ethyl adjacent to an activating group) is 1. The number of carbonyl (C=O) groups is 2. The van der Waals surface area contributed by atoms with Gasteiger partial charge in [-0.2, -0.15) is 0 Å². The molecule has 142 valence electrons. The van der Waals surface area contributed by atoms with Gasteiger partial charge in [-0.05, 0) is 25.8 Å². The summed E-state index contributed by atoms with van der Waals surface area (Å²) in [5.74, 6) is 0.580. The third kappa shape index (κ3) is 3.23. The van der Waals surface area contributed by atoms with E-state index in [1.807, 2.05) is 30.3 Å². The zero-order chi connectivity index (χ0) is 18.8. The van der Waals surface area contributed by atoms with Gasteiger partial charge in [-0.15, -0.1) is 0 Å². The van der Waals surface area contributed by atoms with Crippen molar-refractivity contribution in [2.45, 2.75) is 38.4 Å². The lowest BCUT2D eigenvalue weighted by Crippen LogP contribution is -2.45. The highest BCUT2D eigenvalue weighted by Gasteiger charge is 2.37. The largest absolute Gasteiger partial charge is 0.357 e. The molecule has 2 aromatic rings. The van der Waals surface area contributed by atoms with Crippen molar-refractivity contribution in [1.29, 1.82) is 0 Å². The standard InChI is InChI=1S/C20H25N5O2/c1-21-19(26)15-9-5-11-25(15)20(27)17-16-13-22-10-6-12-24(16)18(23-17)14-7-3-2-4-8-14/h2-4,7-8,15,22H,5-6,9-13H2,1H3,(H,21,26). The van der Waals surface area contributed by atoms with E-state index in [1.165, 1.54) is 0 Å². The molecule has 0 bridgehead atoms. The molecule has 2 amide bonds. The number of amides is 2. The van der Waals surface area contributed by atoms with Crippen LogP contribution in [0.1, 0.15) is 35.4 Å². The molecule has 3 heterocycles. The van der Waals surface area contributed by atoms with Gasteiger partial charge in [0.1, 0.15) is 11.9 Å². The van der Waals surface area contributed by atoms with E-state index in [0.29, 0.717) is 25.2 Å². The monoisotopic (exact) mass is 367 g/mol. The number of benzene rings is 1. The van der Waals surface area contributed by atoms with E-state index < -0.39 is 6.04 Å². The number of rotatable bonds is 3. The second-order valence-corrected chi connectivity index (χ2v) is 7.05. The lowest BCUT2D eigenvalue weighted by Gasteiger charge is -2.23. The van der Waals surface area contributed by atoms with Crippen molar-refractivity contribution in [1.82, 2.24) is 25.1 Å². The molecule has 4 rings (SSSR count). The minimum atomic E-state index is -0.404. The predicted molar refractivity (Wildman–Crippen MR) is 102 cm³/mol. The van der Waals surface area contributed by atoms with Gasteiger partial charge >= 0.3 is 0 Å². The van der Waals surface area contributed by atoms with Gasteiger partial charge in [0.25, 0.3) is 5.91 Å². The molecule has 0 aliphatic carbocycles. The summed E-state index contributed by atoms with van der Waals surface area (Å²) in [6.07, 6.45) is 2.52. The van der Waals surface area contributed by atoms with E-state index in [-0.39, 0.29) is 11.8 Å². The van der Waals surface area contributed by atoms with E-state index in [0.717, 1.165) is 43.0 Å². The number of nitrogens with one attached hydrogen (secondary N) is 2. The summed E-state index contributed by atoms with van der Waals surface area (Å²) in [5, 5.41) is 6.06. The topological polar surface area (TPSA) is 79.3 Å². The van der Waals surface area contributed by atoms with Crippen molar-refractivity contribution < 1.29 is 9.59 Å². The third-order valence-corrected chi connectivity index (χ3v) is 5.40. The Kier molecular flexibility index (Phi) is 4.94. The van der Waals surface area contributed by atoms with Crippen LogP contribution in [0.15, 0.2) is 30.3 Å². The molecule has 2 N–H and O–H groups in total. The number of fused-ring (bicyclic) bond motifs is 1. The van der Waals surface area contributed by atoms with Crippen LogP contribution in [0.4, 0.5) is 0 Å². The van der Waals surface area contributed by atoms with Crippen LogP contribution >= 0.6 is 0 Å². The van der Waals surface area contributed by atoms with Gasteiger partial charge in [0, 0.05) is 32.2 Å². The molecule has 7 heteroatoms. The first-order chi connectivity index (χ1) is 13.2.